The normalized spacial score (nSPS) is 18.9. The maximum atomic E-state index is 11.7. The summed E-state index contributed by atoms with van der Waals surface area (Å²) in [5.41, 5.74) is 5.87. The number of nitrogens with two attached hydrogens (primary N) is 1. The average molecular weight is 209 g/mol. The Morgan fingerprint density at radius 3 is 2.93 bits per heavy atom. The fraction of sp³-hybridized carbons (Fsp3) is 0.545. The van der Waals surface area contributed by atoms with Crippen LogP contribution in [0.25, 0.3) is 0 Å². The van der Waals surface area contributed by atoms with E-state index in [0.29, 0.717) is 12.3 Å². The number of carbonyl (C=O) groups excluding carboxylic acids is 1. The molecule has 1 aliphatic carbocycles. The van der Waals surface area contributed by atoms with Gasteiger partial charge in [0.15, 0.2) is 5.78 Å². The van der Waals surface area contributed by atoms with Gasteiger partial charge < -0.3 is 5.73 Å². The zero-order valence-electron chi connectivity index (χ0n) is 8.11. The van der Waals surface area contributed by atoms with Crippen LogP contribution < -0.4 is 5.73 Å². The molecule has 76 valence electrons. The van der Waals surface area contributed by atoms with Gasteiger partial charge in [0.2, 0.25) is 0 Å². The van der Waals surface area contributed by atoms with Crippen LogP contribution in [0.4, 0.5) is 0 Å². The van der Waals surface area contributed by atoms with Crippen molar-refractivity contribution in [3.8, 4) is 0 Å². The molecule has 1 heterocycles. The van der Waals surface area contributed by atoms with E-state index in [4.69, 9.17) is 5.73 Å². The van der Waals surface area contributed by atoms with Crippen LogP contribution in [0.5, 0.6) is 0 Å². The number of hydrogen-bond donors (Lipinski definition) is 1. The van der Waals surface area contributed by atoms with Gasteiger partial charge in [-0.2, -0.15) is 0 Å². The van der Waals surface area contributed by atoms with Crippen LogP contribution in [0.2, 0.25) is 0 Å². The molecule has 2 nitrogen and oxygen atoms in total. The Morgan fingerprint density at radius 2 is 2.43 bits per heavy atom. The molecule has 1 fully saturated rings. The van der Waals surface area contributed by atoms with E-state index in [0.717, 1.165) is 4.88 Å². The van der Waals surface area contributed by atoms with Gasteiger partial charge in [0, 0.05) is 11.3 Å². The van der Waals surface area contributed by atoms with Crippen molar-refractivity contribution in [1.82, 2.24) is 0 Å². The van der Waals surface area contributed by atoms with Crippen molar-refractivity contribution in [1.29, 1.82) is 0 Å². The van der Waals surface area contributed by atoms with Crippen molar-refractivity contribution in [3.05, 3.63) is 22.4 Å². The summed E-state index contributed by atoms with van der Waals surface area (Å²) in [5.74, 6) is 0.825. The van der Waals surface area contributed by atoms with E-state index < -0.39 is 0 Å². The van der Waals surface area contributed by atoms with Gasteiger partial charge in [-0.15, -0.1) is 11.3 Å². The first kappa shape index (κ1) is 9.87. The lowest BCUT2D eigenvalue weighted by atomic mass is 9.81. The number of hydrogen-bond acceptors (Lipinski definition) is 3. The lowest BCUT2D eigenvalue weighted by Gasteiger charge is -2.25. The molecule has 1 atom stereocenters. The van der Waals surface area contributed by atoms with Crippen molar-refractivity contribution in [2.75, 3.05) is 0 Å². The Kier molecular flexibility index (Phi) is 2.99. The van der Waals surface area contributed by atoms with Crippen molar-refractivity contribution in [3.63, 3.8) is 0 Å². The molecule has 3 heteroatoms. The average Bonchev–Trinajstić information content (AvgIpc) is 2.62. The topological polar surface area (TPSA) is 43.1 Å². The highest BCUT2D eigenvalue weighted by molar-refractivity contribution is 7.10. The minimum Gasteiger partial charge on any atom is -0.317 e. The Balaban J connectivity index is 1.90. The molecule has 0 spiro atoms. The molecule has 1 unspecified atom stereocenters. The van der Waals surface area contributed by atoms with E-state index in [2.05, 4.69) is 0 Å². The van der Waals surface area contributed by atoms with Crippen LogP contribution in [0.1, 0.15) is 36.6 Å². The Bertz CT molecular complexity index is 303. The molecule has 1 aromatic heterocycles. The van der Waals surface area contributed by atoms with Gasteiger partial charge in [0.25, 0.3) is 0 Å². The van der Waals surface area contributed by atoms with Crippen molar-refractivity contribution in [2.45, 2.75) is 31.7 Å². The third-order valence-corrected chi connectivity index (χ3v) is 3.87. The summed E-state index contributed by atoms with van der Waals surface area (Å²) in [6.07, 6.45) is 4.39. The maximum absolute atomic E-state index is 11.7. The van der Waals surface area contributed by atoms with Gasteiger partial charge in [-0.25, -0.2) is 0 Å². The second-order valence-corrected chi connectivity index (χ2v) is 4.94. The summed E-state index contributed by atoms with van der Waals surface area (Å²) in [6, 6.07) is 3.50. The molecule has 1 aromatic rings. The Morgan fingerprint density at radius 1 is 1.64 bits per heavy atom. The third kappa shape index (κ3) is 2.04. The van der Waals surface area contributed by atoms with E-state index in [1.54, 1.807) is 11.3 Å². The van der Waals surface area contributed by atoms with Crippen LogP contribution in [-0.2, 0) is 4.79 Å². The highest BCUT2D eigenvalue weighted by Gasteiger charge is 2.24. The van der Waals surface area contributed by atoms with E-state index in [1.165, 1.54) is 19.3 Å². The molecule has 0 aromatic carbocycles. The highest BCUT2D eigenvalue weighted by atomic mass is 32.1. The fourth-order valence-corrected chi connectivity index (χ4v) is 2.48. The van der Waals surface area contributed by atoms with E-state index >= 15 is 0 Å². The predicted octanol–water partition coefficient (Wildman–Crippen LogP) is 2.51. The highest BCUT2D eigenvalue weighted by Crippen LogP contribution is 2.31. The van der Waals surface area contributed by atoms with Crippen LogP contribution in [-0.4, -0.2) is 5.78 Å². The lowest BCUT2D eigenvalue weighted by Crippen LogP contribution is -2.25. The first-order chi connectivity index (χ1) is 6.77. The second-order valence-electron chi connectivity index (χ2n) is 3.96. The number of thiophene rings is 1. The van der Waals surface area contributed by atoms with Crippen LogP contribution in [0, 0.1) is 5.92 Å². The zero-order chi connectivity index (χ0) is 9.97. The smallest absolute Gasteiger partial charge is 0.155 e. The number of carbonyl (C=O) groups is 1. The van der Waals surface area contributed by atoms with Crippen LogP contribution in [0.3, 0.4) is 0 Å². The van der Waals surface area contributed by atoms with Gasteiger partial charge in [-0.05, 0) is 17.4 Å². The molecule has 0 amide bonds. The predicted molar refractivity (Wildman–Crippen MR) is 58.2 cm³/mol. The lowest BCUT2D eigenvalue weighted by molar-refractivity contribution is -0.121. The minimum atomic E-state index is -0.379. The standard InChI is InChI=1S/C11H15NOS/c12-11(10-5-2-6-14-10)9(13)7-8-3-1-4-8/h2,5-6,8,11H,1,3-4,7,12H2. The van der Waals surface area contributed by atoms with Gasteiger partial charge in [-0.3, -0.25) is 4.79 Å². The minimum absolute atomic E-state index is 0.206. The second kappa shape index (κ2) is 4.24. The van der Waals surface area contributed by atoms with Gasteiger partial charge in [-0.1, -0.05) is 25.3 Å². The van der Waals surface area contributed by atoms with Gasteiger partial charge in [0.05, 0.1) is 6.04 Å². The third-order valence-electron chi connectivity index (χ3n) is 2.91. The molecular weight excluding hydrogens is 194 g/mol. The molecule has 0 radical (unpaired) electrons. The molecule has 14 heavy (non-hydrogen) atoms. The summed E-state index contributed by atoms with van der Waals surface area (Å²) in [5, 5.41) is 1.96. The van der Waals surface area contributed by atoms with Gasteiger partial charge in [0.1, 0.15) is 0 Å². The summed E-state index contributed by atoms with van der Waals surface area (Å²) in [4.78, 5) is 12.7. The Labute approximate surface area is 88.1 Å². The zero-order valence-corrected chi connectivity index (χ0v) is 8.93. The van der Waals surface area contributed by atoms with Crippen molar-refractivity contribution < 1.29 is 4.79 Å². The number of Topliss-reactive ketones (excluding diaryl/α,β-unsaturated/α-hetero) is 1. The summed E-state index contributed by atoms with van der Waals surface area (Å²) >= 11 is 1.57. The first-order valence-corrected chi connectivity index (χ1v) is 5.97. The Hall–Kier alpha value is -0.670. The molecule has 0 aliphatic heterocycles. The van der Waals surface area contributed by atoms with Crippen LogP contribution >= 0.6 is 11.3 Å². The SMILES string of the molecule is NC(C(=O)CC1CCC1)c1cccs1. The summed E-state index contributed by atoms with van der Waals surface area (Å²) in [6.45, 7) is 0. The molecule has 0 saturated heterocycles. The molecule has 2 N–H and O–H groups in total. The van der Waals surface area contributed by atoms with E-state index in [9.17, 15) is 4.79 Å². The molecule has 2 rings (SSSR count). The van der Waals surface area contributed by atoms with Crippen LogP contribution in [0.15, 0.2) is 17.5 Å². The molecule has 1 aliphatic rings. The van der Waals surface area contributed by atoms with Crippen molar-refractivity contribution >= 4 is 17.1 Å². The first-order valence-electron chi connectivity index (χ1n) is 5.09. The van der Waals surface area contributed by atoms with E-state index in [1.807, 2.05) is 17.5 Å². The maximum Gasteiger partial charge on any atom is 0.155 e. The number of ketones is 1. The summed E-state index contributed by atoms with van der Waals surface area (Å²) < 4.78 is 0. The quantitative estimate of drug-likeness (QED) is 0.828. The van der Waals surface area contributed by atoms with Gasteiger partial charge >= 0.3 is 0 Å². The largest absolute Gasteiger partial charge is 0.317 e. The monoisotopic (exact) mass is 209 g/mol. The number of rotatable bonds is 4. The summed E-state index contributed by atoms with van der Waals surface area (Å²) in [7, 11) is 0. The van der Waals surface area contributed by atoms with Crippen molar-refractivity contribution in [2.24, 2.45) is 11.7 Å². The molecule has 0 bridgehead atoms. The molecular formula is C11H15NOS. The molecule has 1 saturated carbocycles. The fourth-order valence-electron chi connectivity index (χ4n) is 1.74. The van der Waals surface area contributed by atoms with E-state index in [-0.39, 0.29) is 11.8 Å².